The number of nitrogens with zero attached hydrogens (tertiary/aromatic N) is 4. The Morgan fingerprint density at radius 2 is 2.32 bits per heavy atom. The molecule has 3 heterocycles. The fourth-order valence-electron chi connectivity index (χ4n) is 3.07. The van der Waals surface area contributed by atoms with Gasteiger partial charge in [-0.1, -0.05) is 0 Å². The average Bonchev–Trinajstić information content (AvgIpc) is 3.22. The first-order valence-electron chi connectivity index (χ1n) is 7.73. The first-order chi connectivity index (χ1) is 10.6. The zero-order chi connectivity index (χ0) is 15.5. The van der Waals surface area contributed by atoms with Crippen LogP contribution in [0.3, 0.4) is 0 Å². The third-order valence-electron chi connectivity index (χ3n) is 4.24. The molecule has 1 fully saturated rings. The second-order valence-electron chi connectivity index (χ2n) is 6.12. The van der Waals surface area contributed by atoms with Crippen LogP contribution in [-0.4, -0.2) is 56.9 Å². The number of carbonyl (C=O) groups excluding carboxylic acids is 1. The maximum Gasteiger partial charge on any atom is 0.269 e. The minimum Gasteiger partial charge on any atom is -0.353 e. The van der Waals surface area contributed by atoms with Gasteiger partial charge in [0.1, 0.15) is 5.69 Å². The molecule has 0 aromatic carbocycles. The standard InChI is InChI=1S/C16H23N5O/c1-19(2)16(22)15-6-5-13(18-15)10-21-8-3-4-14(21)11-20-9-7-17-12-20/h5-7,9,12,14,18H,3-4,8,10-11H2,1-2H3/t14-/m1/s1. The van der Waals surface area contributed by atoms with Gasteiger partial charge in [-0.2, -0.15) is 0 Å². The van der Waals surface area contributed by atoms with E-state index in [0.717, 1.165) is 25.3 Å². The highest BCUT2D eigenvalue weighted by Crippen LogP contribution is 2.21. The van der Waals surface area contributed by atoms with Gasteiger partial charge in [0.2, 0.25) is 0 Å². The zero-order valence-electron chi connectivity index (χ0n) is 13.2. The van der Waals surface area contributed by atoms with Crippen LogP contribution in [0.1, 0.15) is 29.0 Å². The quantitative estimate of drug-likeness (QED) is 0.912. The summed E-state index contributed by atoms with van der Waals surface area (Å²) in [5.74, 6) is 0.0163. The number of rotatable bonds is 5. The number of hydrogen-bond donors (Lipinski definition) is 1. The van der Waals surface area contributed by atoms with Gasteiger partial charge in [-0.05, 0) is 31.5 Å². The third-order valence-corrected chi connectivity index (χ3v) is 4.24. The monoisotopic (exact) mass is 301 g/mol. The van der Waals surface area contributed by atoms with Crippen molar-refractivity contribution in [2.45, 2.75) is 32.0 Å². The largest absolute Gasteiger partial charge is 0.353 e. The molecule has 1 N–H and O–H groups in total. The molecule has 0 bridgehead atoms. The first-order valence-corrected chi connectivity index (χ1v) is 7.73. The highest BCUT2D eigenvalue weighted by atomic mass is 16.2. The van der Waals surface area contributed by atoms with Crippen molar-refractivity contribution in [3.63, 3.8) is 0 Å². The molecule has 22 heavy (non-hydrogen) atoms. The molecule has 1 aliphatic heterocycles. The van der Waals surface area contributed by atoms with E-state index in [9.17, 15) is 4.79 Å². The highest BCUT2D eigenvalue weighted by Gasteiger charge is 2.25. The summed E-state index contributed by atoms with van der Waals surface area (Å²) in [5.41, 5.74) is 1.76. The van der Waals surface area contributed by atoms with E-state index in [2.05, 4.69) is 19.4 Å². The Bertz CT molecular complexity index is 616. The number of carbonyl (C=O) groups is 1. The van der Waals surface area contributed by atoms with Gasteiger partial charge in [0.25, 0.3) is 5.91 Å². The van der Waals surface area contributed by atoms with Gasteiger partial charge >= 0.3 is 0 Å². The van der Waals surface area contributed by atoms with E-state index in [0.29, 0.717) is 11.7 Å². The van der Waals surface area contributed by atoms with Gasteiger partial charge in [0.15, 0.2) is 0 Å². The lowest BCUT2D eigenvalue weighted by Gasteiger charge is -2.24. The van der Waals surface area contributed by atoms with E-state index in [4.69, 9.17) is 0 Å². The van der Waals surface area contributed by atoms with Crippen LogP contribution >= 0.6 is 0 Å². The predicted molar refractivity (Wildman–Crippen MR) is 84.5 cm³/mol. The summed E-state index contributed by atoms with van der Waals surface area (Å²) < 4.78 is 2.14. The molecule has 1 saturated heterocycles. The Morgan fingerprint density at radius 1 is 1.45 bits per heavy atom. The molecule has 6 nitrogen and oxygen atoms in total. The second-order valence-corrected chi connectivity index (χ2v) is 6.12. The van der Waals surface area contributed by atoms with E-state index in [1.54, 1.807) is 19.0 Å². The Labute approximate surface area is 130 Å². The molecular formula is C16H23N5O. The van der Waals surface area contributed by atoms with Gasteiger partial charge in [-0.3, -0.25) is 9.69 Å². The summed E-state index contributed by atoms with van der Waals surface area (Å²) in [6.45, 7) is 2.94. The first kappa shape index (κ1) is 14.8. The molecule has 2 aromatic heterocycles. The van der Waals surface area contributed by atoms with Crippen molar-refractivity contribution in [3.8, 4) is 0 Å². The highest BCUT2D eigenvalue weighted by molar-refractivity contribution is 5.92. The van der Waals surface area contributed by atoms with E-state index < -0.39 is 0 Å². The molecule has 0 spiro atoms. The van der Waals surface area contributed by atoms with Crippen LogP contribution in [0.4, 0.5) is 0 Å². The van der Waals surface area contributed by atoms with Crippen molar-refractivity contribution >= 4 is 5.91 Å². The van der Waals surface area contributed by atoms with Crippen molar-refractivity contribution in [2.24, 2.45) is 0 Å². The number of likely N-dealkylation sites (tertiary alicyclic amines) is 1. The lowest BCUT2D eigenvalue weighted by atomic mass is 10.2. The molecule has 0 radical (unpaired) electrons. The van der Waals surface area contributed by atoms with Crippen LogP contribution < -0.4 is 0 Å². The minimum absolute atomic E-state index is 0.0163. The number of imidazole rings is 1. The Balaban J connectivity index is 1.63. The Hall–Kier alpha value is -2.08. The summed E-state index contributed by atoms with van der Waals surface area (Å²) in [6, 6.07) is 4.42. The lowest BCUT2D eigenvalue weighted by molar-refractivity contribution is 0.0822. The average molecular weight is 301 g/mol. The SMILES string of the molecule is CN(C)C(=O)c1ccc(CN2CCC[C@@H]2Cn2ccnc2)[nH]1. The predicted octanol–water partition coefficient (Wildman–Crippen LogP) is 1.58. The summed E-state index contributed by atoms with van der Waals surface area (Å²) in [5, 5.41) is 0. The van der Waals surface area contributed by atoms with Crippen LogP contribution in [0, 0.1) is 0 Å². The van der Waals surface area contributed by atoms with E-state index in [-0.39, 0.29) is 5.91 Å². The second kappa shape index (κ2) is 6.36. The van der Waals surface area contributed by atoms with Crippen LogP contribution in [0.25, 0.3) is 0 Å². The van der Waals surface area contributed by atoms with Gasteiger partial charge < -0.3 is 14.5 Å². The van der Waals surface area contributed by atoms with E-state index in [1.165, 1.54) is 12.8 Å². The van der Waals surface area contributed by atoms with Crippen molar-refractivity contribution in [1.29, 1.82) is 0 Å². The normalized spacial score (nSPS) is 18.7. The van der Waals surface area contributed by atoms with Gasteiger partial charge in [0.05, 0.1) is 6.33 Å². The molecule has 118 valence electrons. The molecule has 6 heteroatoms. The molecule has 0 aliphatic carbocycles. The number of nitrogens with one attached hydrogen (secondary N) is 1. The summed E-state index contributed by atoms with van der Waals surface area (Å²) in [4.78, 5) is 23.4. The van der Waals surface area contributed by atoms with Crippen LogP contribution in [0.5, 0.6) is 0 Å². The van der Waals surface area contributed by atoms with Crippen LogP contribution in [-0.2, 0) is 13.1 Å². The molecule has 1 amide bonds. The van der Waals surface area contributed by atoms with Crippen molar-refractivity contribution < 1.29 is 4.79 Å². The van der Waals surface area contributed by atoms with Crippen LogP contribution in [0.2, 0.25) is 0 Å². The number of aromatic amines is 1. The summed E-state index contributed by atoms with van der Waals surface area (Å²) in [7, 11) is 3.54. The molecule has 2 aromatic rings. The van der Waals surface area contributed by atoms with Gasteiger partial charge in [-0.25, -0.2) is 4.98 Å². The minimum atomic E-state index is 0.0163. The maximum atomic E-state index is 11.9. The number of H-pyrrole nitrogens is 1. The van der Waals surface area contributed by atoms with Gasteiger partial charge in [-0.15, -0.1) is 0 Å². The number of aromatic nitrogens is 3. The zero-order valence-corrected chi connectivity index (χ0v) is 13.2. The van der Waals surface area contributed by atoms with Crippen molar-refractivity contribution in [3.05, 3.63) is 42.2 Å². The van der Waals surface area contributed by atoms with Gasteiger partial charge in [0, 0.05) is 51.3 Å². The molecule has 1 atom stereocenters. The van der Waals surface area contributed by atoms with Crippen molar-refractivity contribution in [1.82, 2.24) is 24.3 Å². The molecule has 3 rings (SSSR count). The summed E-state index contributed by atoms with van der Waals surface area (Å²) in [6.07, 6.45) is 8.15. The number of amides is 1. The number of hydrogen-bond acceptors (Lipinski definition) is 3. The molecule has 0 saturated carbocycles. The smallest absolute Gasteiger partial charge is 0.269 e. The van der Waals surface area contributed by atoms with E-state index >= 15 is 0 Å². The fourth-order valence-corrected chi connectivity index (χ4v) is 3.07. The lowest BCUT2D eigenvalue weighted by Crippen LogP contribution is -2.32. The summed E-state index contributed by atoms with van der Waals surface area (Å²) >= 11 is 0. The Kier molecular flexibility index (Phi) is 4.29. The van der Waals surface area contributed by atoms with E-state index in [1.807, 2.05) is 30.9 Å². The maximum absolute atomic E-state index is 11.9. The molecule has 0 unspecified atom stereocenters. The third kappa shape index (κ3) is 3.22. The molecule has 1 aliphatic rings. The topological polar surface area (TPSA) is 57.2 Å². The molecular weight excluding hydrogens is 278 g/mol. The Morgan fingerprint density at radius 3 is 3.05 bits per heavy atom. The van der Waals surface area contributed by atoms with Crippen molar-refractivity contribution in [2.75, 3.05) is 20.6 Å². The fraction of sp³-hybridized carbons (Fsp3) is 0.500. The van der Waals surface area contributed by atoms with Crippen LogP contribution in [0.15, 0.2) is 30.9 Å².